The van der Waals surface area contributed by atoms with Crippen molar-refractivity contribution in [3.8, 4) is 5.69 Å². The Labute approximate surface area is 180 Å². The van der Waals surface area contributed by atoms with Crippen molar-refractivity contribution in [2.24, 2.45) is 0 Å². The van der Waals surface area contributed by atoms with E-state index in [1.807, 2.05) is 50.2 Å². The summed E-state index contributed by atoms with van der Waals surface area (Å²) in [6.45, 7) is 4.66. The molecule has 0 aliphatic carbocycles. The van der Waals surface area contributed by atoms with Gasteiger partial charge in [-0.05, 0) is 49.1 Å². The Kier molecular flexibility index (Phi) is 7.15. The standard InChI is InChI=1S/C23H26N4O4/c1-16-12-17(2)14-19(13-16)27-23(30)26(15-18-8-5-4-6-9-18)22(29)20(25-27)21(28)24-10-7-11-31-3/h4-6,8-9,12-14H,7,10-11,15H2,1-3H3,(H,24,28). The van der Waals surface area contributed by atoms with Crippen molar-refractivity contribution in [1.29, 1.82) is 0 Å². The summed E-state index contributed by atoms with van der Waals surface area (Å²) in [6, 6.07) is 14.7. The lowest BCUT2D eigenvalue weighted by atomic mass is 10.1. The molecule has 2 aromatic carbocycles. The molecule has 0 spiro atoms. The Bertz CT molecular complexity index is 1160. The topological polar surface area (TPSA) is 95.2 Å². The minimum absolute atomic E-state index is 0.0375. The zero-order valence-corrected chi connectivity index (χ0v) is 17.9. The van der Waals surface area contributed by atoms with E-state index >= 15 is 0 Å². The number of nitrogens with one attached hydrogen (secondary N) is 1. The lowest BCUT2D eigenvalue weighted by Gasteiger charge is -2.13. The van der Waals surface area contributed by atoms with Crippen LogP contribution in [-0.4, -0.2) is 40.5 Å². The summed E-state index contributed by atoms with van der Waals surface area (Å²) in [7, 11) is 1.57. The van der Waals surface area contributed by atoms with Gasteiger partial charge in [-0.2, -0.15) is 9.78 Å². The van der Waals surface area contributed by atoms with Gasteiger partial charge in [0, 0.05) is 20.3 Å². The molecule has 0 saturated heterocycles. The molecule has 8 nitrogen and oxygen atoms in total. The molecule has 8 heteroatoms. The van der Waals surface area contributed by atoms with E-state index in [1.165, 1.54) is 0 Å². The van der Waals surface area contributed by atoms with Gasteiger partial charge >= 0.3 is 5.69 Å². The van der Waals surface area contributed by atoms with Gasteiger partial charge in [0.25, 0.3) is 11.5 Å². The van der Waals surface area contributed by atoms with Crippen LogP contribution in [0.25, 0.3) is 5.69 Å². The number of hydrogen-bond acceptors (Lipinski definition) is 5. The van der Waals surface area contributed by atoms with Crippen molar-refractivity contribution in [2.75, 3.05) is 20.3 Å². The van der Waals surface area contributed by atoms with E-state index in [2.05, 4.69) is 10.4 Å². The highest BCUT2D eigenvalue weighted by atomic mass is 16.5. The molecule has 1 aromatic heterocycles. The largest absolute Gasteiger partial charge is 0.385 e. The molecule has 3 rings (SSSR count). The first-order valence-electron chi connectivity index (χ1n) is 10.0. The van der Waals surface area contributed by atoms with E-state index in [-0.39, 0.29) is 12.2 Å². The van der Waals surface area contributed by atoms with Crippen molar-refractivity contribution in [3.05, 3.63) is 91.8 Å². The van der Waals surface area contributed by atoms with Crippen LogP contribution in [0.5, 0.6) is 0 Å². The average molecular weight is 422 g/mol. The summed E-state index contributed by atoms with van der Waals surface area (Å²) in [6.07, 6.45) is 0.594. The molecule has 31 heavy (non-hydrogen) atoms. The Morgan fingerprint density at radius 2 is 1.74 bits per heavy atom. The van der Waals surface area contributed by atoms with Crippen molar-refractivity contribution in [3.63, 3.8) is 0 Å². The normalized spacial score (nSPS) is 10.8. The lowest BCUT2D eigenvalue weighted by molar-refractivity contribution is 0.0938. The Morgan fingerprint density at radius 1 is 1.06 bits per heavy atom. The van der Waals surface area contributed by atoms with Crippen LogP contribution in [0.15, 0.2) is 58.1 Å². The first-order valence-corrected chi connectivity index (χ1v) is 10.0. The fourth-order valence-electron chi connectivity index (χ4n) is 3.31. The monoisotopic (exact) mass is 422 g/mol. The number of benzene rings is 2. The summed E-state index contributed by atoms with van der Waals surface area (Å²) >= 11 is 0. The van der Waals surface area contributed by atoms with E-state index in [0.717, 1.165) is 25.9 Å². The van der Waals surface area contributed by atoms with Crippen LogP contribution in [0.1, 0.15) is 33.6 Å². The van der Waals surface area contributed by atoms with Crippen molar-refractivity contribution in [2.45, 2.75) is 26.8 Å². The predicted octanol–water partition coefficient (Wildman–Crippen LogP) is 1.83. The second kappa shape index (κ2) is 9.99. The number of methoxy groups -OCH3 is 1. The summed E-state index contributed by atoms with van der Waals surface area (Å²) in [5.41, 5.74) is 1.50. The third-order valence-electron chi connectivity index (χ3n) is 4.72. The van der Waals surface area contributed by atoms with E-state index in [4.69, 9.17) is 4.74 Å². The third kappa shape index (κ3) is 5.35. The fraction of sp³-hybridized carbons (Fsp3) is 0.304. The van der Waals surface area contributed by atoms with Crippen molar-refractivity contribution < 1.29 is 9.53 Å². The van der Waals surface area contributed by atoms with Gasteiger partial charge in [-0.25, -0.2) is 4.79 Å². The van der Waals surface area contributed by atoms with E-state index in [9.17, 15) is 14.4 Å². The number of rotatable bonds is 8. The maximum absolute atomic E-state index is 13.2. The van der Waals surface area contributed by atoms with Crippen LogP contribution >= 0.6 is 0 Å². The summed E-state index contributed by atoms with van der Waals surface area (Å²) in [5.74, 6) is -0.624. The van der Waals surface area contributed by atoms with Gasteiger partial charge in [0.1, 0.15) is 0 Å². The van der Waals surface area contributed by atoms with E-state index < -0.39 is 17.2 Å². The second-order valence-corrected chi connectivity index (χ2v) is 7.37. The molecule has 0 aliphatic rings. The molecule has 0 aliphatic heterocycles. The Balaban J connectivity index is 2.11. The number of aromatic nitrogens is 3. The van der Waals surface area contributed by atoms with Crippen molar-refractivity contribution >= 4 is 5.91 Å². The Hall–Kier alpha value is -3.52. The van der Waals surface area contributed by atoms with Crippen LogP contribution in [-0.2, 0) is 11.3 Å². The number of carbonyl (C=O) groups excluding carboxylic acids is 1. The number of amides is 1. The van der Waals surface area contributed by atoms with Gasteiger partial charge in [0.15, 0.2) is 0 Å². The minimum Gasteiger partial charge on any atom is -0.385 e. The molecule has 1 heterocycles. The van der Waals surface area contributed by atoms with Crippen LogP contribution < -0.4 is 16.6 Å². The highest BCUT2D eigenvalue weighted by Crippen LogP contribution is 2.11. The first kappa shape index (κ1) is 22.2. The molecule has 0 bridgehead atoms. The van der Waals surface area contributed by atoms with Gasteiger partial charge in [0.2, 0.25) is 5.69 Å². The molecule has 162 valence electrons. The molecule has 0 fully saturated rings. The number of nitrogens with zero attached hydrogens (tertiary/aromatic N) is 3. The summed E-state index contributed by atoms with van der Waals surface area (Å²) < 4.78 is 7.14. The maximum atomic E-state index is 13.2. The number of aryl methyl sites for hydroxylation is 2. The SMILES string of the molecule is COCCCNC(=O)c1nn(-c2cc(C)cc(C)c2)c(=O)n(Cc2ccccc2)c1=O. The van der Waals surface area contributed by atoms with E-state index in [1.54, 1.807) is 19.2 Å². The third-order valence-corrected chi connectivity index (χ3v) is 4.72. The van der Waals surface area contributed by atoms with Crippen LogP contribution in [0, 0.1) is 13.8 Å². The van der Waals surface area contributed by atoms with Gasteiger partial charge in [-0.15, -0.1) is 0 Å². The summed E-state index contributed by atoms with van der Waals surface area (Å²) in [4.78, 5) is 39.0. The summed E-state index contributed by atoms with van der Waals surface area (Å²) in [5, 5.41) is 6.83. The van der Waals surface area contributed by atoms with E-state index in [0.29, 0.717) is 25.3 Å². The van der Waals surface area contributed by atoms with Crippen molar-refractivity contribution in [1.82, 2.24) is 19.7 Å². The molecule has 0 atom stereocenters. The highest BCUT2D eigenvalue weighted by Gasteiger charge is 2.20. The first-order chi connectivity index (χ1) is 14.9. The number of ether oxygens (including phenoxy) is 1. The highest BCUT2D eigenvalue weighted by molar-refractivity contribution is 5.91. The average Bonchev–Trinajstić information content (AvgIpc) is 2.74. The fourth-order valence-corrected chi connectivity index (χ4v) is 3.31. The lowest BCUT2D eigenvalue weighted by Crippen LogP contribution is -2.46. The number of carbonyl (C=O) groups is 1. The molecule has 0 unspecified atom stereocenters. The van der Waals surface area contributed by atoms with Gasteiger partial charge in [0.05, 0.1) is 12.2 Å². The van der Waals surface area contributed by atoms with Crippen LogP contribution in [0.2, 0.25) is 0 Å². The quantitative estimate of drug-likeness (QED) is 0.559. The number of hydrogen-bond donors (Lipinski definition) is 1. The second-order valence-electron chi connectivity index (χ2n) is 7.37. The smallest absolute Gasteiger partial charge is 0.352 e. The molecular weight excluding hydrogens is 396 g/mol. The maximum Gasteiger partial charge on any atom is 0.352 e. The minimum atomic E-state index is -0.723. The molecular formula is C23H26N4O4. The molecule has 0 saturated carbocycles. The molecule has 1 amide bonds. The molecule has 3 aromatic rings. The predicted molar refractivity (Wildman–Crippen MR) is 118 cm³/mol. The van der Waals surface area contributed by atoms with Gasteiger partial charge in [-0.3, -0.25) is 14.2 Å². The van der Waals surface area contributed by atoms with Crippen LogP contribution in [0.4, 0.5) is 0 Å². The zero-order chi connectivity index (χ0) is 22.4. The van der Waals surface area contributed by atoms with Crippen LogP contribution in [0.3, 0.4) is 0 Å². The van der Waals surface area contributed by atoms with Gasteiger partial charge in [-0.1, -0.05) is 36.4 Å². The molecule has 1 N–H and O–H groups in total. The molecule has 0 radical (unpaired) electrons. The zero-order valence-electron chi connectivity index (χ0n) is 17.9. The Morgan fingerprint density at radius 3 is 2.39 bits per heavy atom. The van der Waals surface area contributed by atoms with Gasteiger partial charge < -0.3 is 10.1 Å².